The first-order chi connectivity index (χ1) is 8.95. The van der Waals surface area contributed by atoms with Crippen molar-refractivity contribution in [2.75, 3.05) is 22.1 Å². The summed E-state index contributed by atoms with van der Waals surface area (Å²) >= 11 is -1.11. The third-order valence-corrected chi connectivity index (χ3v) is 56.6. The number of rotatable bonds is 2. The minimum absolute atomic E-state index is 0.328. The summed E-state index contributed by atoms with van der Waals surface area (Å²) in [5.74, 6) is 0. The summed E-state index contributed by atoms with van der Waals surface area (Å²) < 4.78 is 10.6. The standard InChI is InChI=1S/C15H29I3/c1-4-10-16(11-5-1)15-9-3-8-14-18(15)17-12-6-2-7-13-17/h15H,1-14H2. The van der Waals surface area contributed by atoms with Crippen molar-refractivity contribution >= 4 is 51.5 Å². The first-order valence-electron chi connectivity index (χ1n) is 7.82. The van der Waals surface area contributed by atoms with Gasteiger partial charge in [-0.3, -0.25) is 0 Å². The molecule has 0 aromatic heterocycles. The van der Waals surface area contributed by atoms with Crippen LogP contribution in [-0.4, -0.2) is 24.1 Å². The molecular formula is C15H29I3. The van der Waals surface area contributed by atoms with E-state index in [2.05, 4.69) is 0 Å². The molecule has 0 N–H and O–H groups in total. The second kappa shape index (κ2) is 7.99. The van der Waals surface area contributed by atoms with Crippen molar-refractivity contribution in [1.29, 1.82) is 0 Å². The Kier molecular flexibility index (Phi) is 6.70. The Hall–Kier alpha value is 2.19. The normalized spacial score (nSPS) is 36.7. The van der Waals surface area contributed by atoms with Crippen LogP contribution in [0.15, 0.2) is 0 Å². The maximum absolute atomic E-state index is 1.85. The average molecular weight is 590 g/mol. The molecule has 3 aliphatic rings. The monoisotopic (exact) mass is 590 g/mol. The van der Waals surface area contributed by atoms with Crippen LogP contribution in [-0.2, 0) is 0 Å². The van der Waals surface area contributed by atoms with E-state index in [9.17, 15) is 0 Å². The molecule has 0 bridgehead atoms. The van der Waals surface area contributed by atoms with Crippen molar-refractivity contribution in [3.8, 4) is 0 Å². The molecule has 0 saturated carbocycles. The topological polar surface area (TPSA) is 0 Å². The number of alkyl halides is 7. The van der Waals surface area contributed by atoms with E-state index >= 15 is 0 Å². The summed E-state index contributed by atoms with van der Waals surface area (Å²) in [6.07, 6.45) is 14.9. The number of hydrogen-bond acceptors (Lipinski definition) is 0. The first-order valence-corrected chi connectivity index (χ1v) is 24.2. The molecule has 0 radical (unpaired) electrons. The molecule has 0 spiro atoms. The van der Waals surface area contributed by atoms with Crippen LogP contribution in [0.2, 0.25) is 0 Å². The van der Waals surface area contributed by atoms with E-state index in [1.54, 1.807) is 66.6 Å². The Morgan fingerprint density at radius 2 is 1.17 bits per heavy atom. The second-order valence-corrected chi connectivity index (χ2v) is 38.2. The minimum atomic E-state index is -0.415. The van der Waals surface area contributed by atoms with E-state index in [-0.39, 0.29) is 31.7 Å². The van der Waals surface area contributed by atoms with Crippen molar-refractivity contribution in [2.45, 2.75) is 59.7 Å². The van der Waals surface area contributed by atoms with Gasteiger partial charge >= 0.3 is 133 Å². The molecule has 3 aliphatic heterocycles. The summed E-state index contributed by atoms with van der Waals surface area (Å²) in [5.41, 5.74) is 0. The molecule has 3 heterocycles. The molecule has 1 unspecified atom stereocenters. The summed E-state index contributed by atoms with van der Waals surface area (Å²) in [7, 11) is 0. The summed E-state index contributed by atoms with van der Waals surface area (Å²) in [4.78, 5) is 0. The molecule has 3 saturated heterocycles. The second-order valence-electron chi connectivity index (χ2n) is 5.68. The van der Waals surface area contributed by atoms with Crippen molar-refractivity contribution in [3.05, 3.63) is 0 Å². The van der Waals surface area contributed by atoms with Crippen molar-refractivity contribution in [3.63, 3.8) is 0 Å². The summed E-state index contributed by atoms with van der Waals surface area (Å²) in [6, 6.07) is 0. The van der Waals surface area contributed by atoms with Gasteiger partial charge in [0.25, 0.3) is 0 Å². The van der Waals surface area contributed by atoms with Crippen LogP contribution in [0, 0.1) is 0 Å². The zero-order chi connectivity index (χ0) is 12.2. The fraction of sp³-hybridized carbons (Fsp3) is 1.00. The van der Waals surface area contributed by atoms with Crippen LogP contribution in [0.4, 0.5) is 0 Å². The Bertz CT molecular complexity index is 218. The fourth-order valence-corrected chi connectivity index (χ4v) is 74.2. The fourth-order valence-electron chi connectivity index (χ4n) is 3.24. The molecule has 0 nitrogen and oxygen atoms in total. The molecule has 0 aromatic rings. The zero-order valence-corrected chi connectivity index (χ0v) is 18.1. The van der Waals surface area contributed by atoms with Gasteiger partial charge in [-0.05, 0) is 0 Å². The molecule has 0 amide bonds. The van der Waals surface area contributed by atoms with Gasteiger partial charge in [0, 0.05) is 0 Å². The molecule has 110 valence electrons. The van der Waals surface area contributed by atoms with Crippen molar-refractivity contribution in [2.24, 2.45) is 0 Å². The van der Waals surface area contributed by atoms with Crippen LogP contribution in [0.1, 0.15) is 57.8 Å². The van der Waals surface area contributed by atoms with Gasteiger partial charge in [-0.1, -0.05) is 0 Å². The predicted octanol–water partition coefficient (Wildman–Crippen LogP) is 6.30. The maximum atomic E-state index is 1.85. The predicted molar refractivity (Wildman–Crippen MR) is 112 cm³/mol. The van der Waals surface area contributed by atoms with E-state index in [4.69, 9.17) is 0 Å². The molecule has 0 aromatic carbocycles. The zero-order valence-electron chi connectivity index (χ0n) is 11.6. The van der Waals surface area contributed by atoms with Gasteiger partial charge in [0.15, 0.2) is 0 Å². The van der Waals surface area contributed by atoms with Gasteiger partial charge in [0.05, 0.1) is 0 Å². The summed E-state index contributed by atoms with van der Waals surface area (Å²) in [5, 5.41) is 0. The van der Waals surface area contributed by atoms with E-state index < -0.39 is 19.8 Å². The molecule has 3 rings (SSSR count). The Labute approximate surface area is 131 Å². The van der Waals surface area contributed by atoms with Gasteiger partial charge in [-0.25, -0.2) is 0 Å². The number of hydrogen-bond donors (Lipinski definition) is 0. The van der Waals surface area contributed by atoms with E-state index in [0.29, 0.717) is 0 Å². The van der Waals surface area contributed by atoms with Crippen molar-refractivity contribution in [1.82, 2.24) is 0 Å². The van der Waals surface area contributed by atoms with Crippen molar-refractivity contribution < 1.29 is 0 Å². The molecule has 18 heavy (non-hydrogen) atoms. The third kappa shape index (κ3) is 3.89. The Morgan fingerprint density at radius 3 is 1.89 bits per heavy atom. The van der Waals surface area contributed by atoms with E-state index in [1.165, 1.54) is 1.93 Å². The molecular weight excluding hydrogens is 561 g/mol. The van der Waals surface area contributed by atoms with Gasteiger partial charge < -0.3 is 0 Å². The van der Waals surface area contributed by atoms with Crippen LogP contribution < -0.4 is 0 Å². The summed E-state index contributed by atoms with van der Waals surface area (Å²) in [6.45, 7) is 0. The Balaban J connectivity index is 1.64. The number of halogens is 3. The first kappa shape index (κ1) is 15.1. The Morgan fingerprint density at radius 1 is 0.556 bits per heavy atom. The molecule has 3 heteroatoms. The van der Waals surface area contributed by atoms with Crippen LogP contribution >= 0.6 is 51.5 Å². The van der Waals surface area contributed by atoms with E-state index in [0.717, 1.165) is 0 Å². The molecule has 3 fully saturated rings. The van der Waals surface area contributed by atoms with Gasteiger partial charge in [-0.15, -0.1) is 0 Å². The van der Waals surface area contributed by atoms with E-state index in [1.807, 2.05) is 13.3 Å². The third-order valence-electron chi connectivity index (χ3n) is 4.27. The van der Waals surface area contributed by atoms with Gasteiger partial charge in [-0.2, -0.15) is 0 Å². The van der Waals surface area contributed by atoms with Gasteiger partial charge in [0.1, 0.15) is 0 Å². The van der Waals surface area contributed by atoms with Crippen LogP contribution in [0.5, 0.6) is 0 Å². The van der Waals surface area contributed by atoms with Gasteiger partial charge in [0.2, 0.25) is 0 Å². The molecule has 1 atom stereocenters. The average Bonchev–Trinajstić information content (AvgIpc) is 2.49. The van der Waals surface area contributed by atoms with Crippen LogP contribution in [0.25, 0.3) is 0 Å². The van der Waals surface area contributed by atoms with Crippen LogP contribution in [0.3, 0.4) is 0 Å². The SMILES string of the molecule is C1CCI(C2CCCCI2I2CCCCC2)CC1. The quantitative estimate of drug-likeness (QED) is 0.262. The molecule has 0 aliphatic carbocycles.